The van der Waals surface area contributed by atoms with E-state index in [4.69, 9.17) is 0 Å². The van der Waals surface area contributed by atoms with Crippen LogP contribution in [0.3, 0.4) is 0 Å². The molecule has 0 unspecified atom stereocenters. The number of ketones is 1. The number of phenolic OH excluding ortho intramolecular Hbond substituents is 1. The van der Waals surface area contributed by atoms with Gasteiger partial charge in [-0.2, -0.15) is 0 Å². The number of benzene rings is 1. The van der Waals surface area contributed by atoms with Crippen molar-refractivity contribution in [1.29, 1.82) is 0 Å². The molecule has 0 saturated carbocycles. The first-order chi connectivity index (χ1) is 23.6. The van der Waals surface area contributed by atoms with Crippen LogP contribution >= 0.6 is 0 Å². The van der Waals surface area contributed by atoms with Gasteiger partial charge in [0.1, 0.15) is 5.75 Å². The zero-order chi connectivity index (χ0) is 34.8. The van der Waals surface area contributed by atoms with Crippen molar-refractivity contribution in [3.05, 3.63) is 23.8 Å². The fourth-order valence-corrected chi connectivity index (χ4v) is 6.86. The van der Waals surface area contributed by atoms with Crippen LogP contribution in [-0.2, 0) is 4.79 Å². The lowest BCUT2D eigenvalue weighted by Crippen LogP contribution is -2.11. The lowest BCUT2D eigenvalue weighted by atomic mass is 10.0. The first-order valence-corrected chi connectivity index (χ1v) is 21.2. The number of carbonyl (C=O) groups is 2. The van der Waals surface area contributed by atoms with Gasteiger partial charge in [-0.25, -0.2) is 0 Å². The Balaban J connectivity index is 2.01. The summed E-state index contributed by atoms with van der Waals surface area (Å²) in [5.41, 5.74) is 0.931. The molecule has 1 aromatic rings. The molecule has 1 amide bonds. The SMILES string of the molecule is CCCCCCCCCCCCCCCCCCCC(=O)Nc1ccc(O)c(C(=O)CCCCCCCCCCCCCCCCC)c1. The van der Waals surface area contributed by atoms with Crippen LogP contribution < -0.4 is 5.32 Å². The van der Waals surface area contributed by atoms with E-state index in [1.54, 1.807) is 12.1 Å². The summed E-state index contributed by atoms with van der Waals surface area (Å²) in [6, 6.07) is 4.87. The van der Waals surface area contributed by atoms with E-state index in [2.05, 4.69) is 19.2 Å². The average Bonchev–Trinajstić information content (AvgIpc) is 3.08. The number of hydrogen-bond donors (Lipinski definition) is 2. The van der Waals surface area contributed by atoms with Crippen molar-refractivity contribution in [2.75, 3.05) is 5.32 Å². The van der Waals surface area contributed by atoms with E-state index < -0.39 is 0 Å². The Morgan fingerprint density at radius 1 is 0.458 bits per heavy atom. The van der Waals surface area contributed by atoms with Crippen molar-refractivity contribution in [3.8, 4) is 5.75 Å². The second-order valence-electron chi connectivity index (χ2n) is 14.8. The lowest BCUT2D eigenvalue weighted by molar-refractivity contribution is -0.116. The van der Waals surface area contributed by atoms with Gasteiger partial charge in [0, 0.05) is 18.5 Å². The highest BCUT2D eigenvalue weighted by Crippen LogP contribution is 2.24. The lowest BCUT2D eigenvalue weighted by Gasteiger charge is -2.09. The van der Waals surface area contributed by atoms with Gasteiger partial charge in [-0.3, -0.25) is 9.59 Å². The average molecular weight is 670 g/mol. The zero-order valence-electron chi connectivity index (χ0n) is 32.0. The Bertz CT molecular complexity index is 882. The minimum absolute atomic E-state index is 0.00660. The van der Waals surface area contributed by atoms with Crippen LogP contribution in [0.2, 0.25) is 0 Å². The number of rotatable bonds is 36. The van der Waals surface area contributed by atoms with Gasteiger partial charge < -0.3 is 10.4 Å². The molecule has 0 aromatic heterocycles. The third kappa shape index (κ3) is 27.0. The van der Waals surface area contributed by atoms with E-state index in [1.165, 1.54) is 186 Å². The predicted octanol–water partition coefficient (Wildman–Crippen LogP) is 14.8. The van der Waals surface area contributed by atoms with E-state index in [1.807, 2.05) is 0 Å². The molecule has 4 nitrogen and oxygen atoms in total. The summed E-state index contributed by atoms with van der Waals surface area (Å²) >= 11 is 0. The van der Waals surface area contributed by atoms with Gasteiger partial charge >= 0.3 is 0 Å². The van der Waals surface area contributed by atoms with Crippen LogP contribution in [0.4, 0.5) is 5.69 Å². The molecule has 0 radical (unpaired) electrons. The van der Waals surface area contributed by atoms with Gasteiger partial charge in [0.15, 0.2) is 5.78 Å². The highest BCUT2D eigenvalue weighted by molar-refractivity contribution is 6.00. The Morgan fingerprint density at radius 3 is 1.12 bits per heavy atom. The van der Waals surface area contributed by atoms with Gasteiger partial charge in [0.05, 0.1) is 5.56 Å². The van der Waals surface area contributed by atoms with Crippen LogP contribution in [0.15, 0.2) is 18.2 Å². The number of aromatic hydroxyl groups is 1. The Hall–Kier alpha value is -1.84. The highest BCUT2D eigenvalue weighted by Gasteiger charge is 2.13. The summed E-state index contributed by atoms with van der Waals surface area (Å²) in [5, 5.41) is 13.2. The third-order valence-corrected chi connectivity index (χ3v) is 10.1. The van der Waals surface area contributed by atoms with Gasteiger partial charge in [-0.1, -0.05) is 206 Å². The molecule has 278 valence electrons. The van der Waals surface area contributed by atoms with Crippen LogP contribution in [-0.4, -0.2) is 16.8 Å². The number of anilines is 1. The summed E-state index contributed by atoms with van der Waals surface area (Å²) in [6.45, 7) is 4.56. The van der Waals surface area contributed by atoms with Gasteiger partial charge in [-0.15, -0.1) is 0 Å². The summed E-state index contributed by atoms with van der Waals surface area (Å²) in [4.78, 5) is 25.3. The summed E-state index contributed by atoms with van der Waals surface area (Å²) < 4.78 is 0. The molecule has 0 bridgehead atoms. The Morgan fingerprint density at radius 2 is 0.771 bits per heavy atom. The molecule has 4 heteroatoms. The van der Waals surface area contributed by atoms with E-state index in [0.29, 0.717) is 24.1 Å². The van der Waals surface area contributed by atoms with Crippen LogP contribution in [0.25, 0.3) is 0 Å². The minimum Gasteiger partial charge on any atom is -0.507 e. The van der Waals surface area contributed by atoms with Gasteiger partial charge in [0.25, 0.3) is 0 Å². The fraction of sp³-hybridized carbons (Fsp3) is 0.818. The number of Topliss-reactive ketones (excluding diaryl/α,β-unsaturated/α-hetero) is 1. The maximum atomic E-state index is 12.8. The number of unbranched alkanes of at least 4 members (excludes halogenated alkanes) is 30. The summed E-state index contributed by atoms with van der Waals surface area (Å²) in [7, 11) is 0. The zero-order valence-corrected chi connectivity index (χ0v) is 32.0. The quantitative estimate of drug-likeness (QED) is 0.0424. The van der Waals surface area contributed by atoms with E-state index >= 15 is 0 Å². The summed E-state index contributed by atoms with van der Waals surface area (Å²) in [6.07, 6.45) is 43.0. The fourth-order valence-electron chi connectivity index (χ4n) is 6.86. The van der Waals surface area contributed by atoms with E-state index in [-0.39, 0.29) is 17.4 Å². The molecule has 0 saturated heterocycles. The molecular weight excluding hydrogens is 590 g/mol. The monoisotopic (exact) mass is 670 g/mol. The Kier molecular flexibility index (Phi) is 31.0. The predicted molar refractivity (Wildman–Crippen MR) is 209 cm³/mol. The molecule has 0 fully saturated rings. The molecule has 0 aliphatic heterocycles. The minimum atomic E-state index is -0.0357. The van der Waals surface area contributed by atoms with Crippen molar-refractivity contribution < 1.29 is 14.7 Å². The molecule has 0 spiro atoms. The smallest absolute Gasteiger partial charge is 0.224 e. The van der Waals surface area contributed by atoms with Gasteiger partial charge in [-0.05, 0) is 31.0 Å². The van der Waals surface area contributed by atoms with E-state index in [0.717, 1.165) is 25.7 Å². The van der Waals surface area contributed by atoms with Gasteiger partial charge in [0.2, 0.25) is 5.91 Å². The largest absolute Gasteiger partial charge is 0.507 e. The molecule has 0 aliphatic rings. The Labute approximate surface area is 298 Å². The first kappa shape index (κ1) is 44.2. The second kappa shape index (κ2) is 33.6. The summed E-state index contributed by atoms with van der Waals surface area (Å²) in [5.74, 6) is -0.0407. The molecule has 0 aliphatic carbocycles. The number of amides is 1. The van der Waals surface area contributed by atoms with Crippen LogP contribution in [0.1, 0.15) is 243 Å². The maximum absolute atomic E-state index is 12.8. The van der Waals surface area contributed by atoms with Crippen molar-refractivity contribution in [2.45, 2.75) is 232 Å². The molecule has 1 rings (SSSR count). The molecule has 2 N–H and O–H groups in total. The molecule has 1 aromatic carbocycles. The number of nitrogens with one attached hydrogen (secondary N) is 1. The van der Waals surface area contributed by atoms with Crippen molar-refractivity contribution >= 4 is 17.4 Å². The number of hydrogen-bond acceptors (Lipinski definition) is 3. The standard InChI is InChI=1S/C44H79NO3/c1-3-5-7-9-11-13-15-17-19-20-22-24-26-28-30-32-34-36-44(48)45-40-37-38-43(47)41(39-40)42(46)35-33-31-29-27-25-23-21-18-16-14-12-10-8-6-4-2/h37-39,47H,3-36H2,1-2H3,(H,45,48). The van der Waals surface area contributed by atoms with Crippen LogP contribution in [0.5, 0.6) is 5.75 Å². The molecule has 0 heterocycles. The van der Waals surface area contributed by atoms with Crippen molar-refractivity contribution in [1.82, 2.24) is 0 Å². The second-order valence-corrected chi connectivity index (χ2v) is 14.8. The molecular formula is C44H79NO3. The maximum Gasteiger partial charge on any atom is 0.224 e. The van der Waals surface area contributed by atoms with Crippen molar-refractivity contribution in [2.24, 2.45) is 0 Å². The molecule has 0 atom stereocenters. The topological polar surface area (TPSA) is 66.4 Å². The third-order valence-electron chi connectivity index (χ3n) is 10.1. The first-order valence-electron chi connectivity index (χ1n) is 21.2. The highest BCUT2D eigenvalue weighted by atomic mass is 16.3. The normalized spacial score (nSPS) is 11.3. The number of phenols is 1. The van der Waals surface area contributed by atoms with E-state index in [9.17, 15) is 14.7 Å². The molecule has 48 heavy (non-hydrogen) atoms. The number of carbonyl (C=O) groups excluding carboxylic acids is 2. The van der Waals surface area contributed by atoms with Crippen molar-refractivity contribution in [3.63, 3.8) is 0 Å². The van der Waals surface area contributed by atoms with Crippen LogP contribution in [0, 0.1) is 0 Å².